The largest absolute Gasteiger partial charge is 0.394 e. The second kappa shape index (κ2) is 5.64. The van der Waals surface area contributed by atoms with E-state index >= 15 is 0 Å². The molecule has 0 bridgehead atoms. The molecule has 0 fully saturated rings. The summed E-state index contributed by atoms with van der Waals surface area (Å²) in [7, 11) is 0. The lowest BCUT2D eigenvalue weighted by Gasteiger charge is -2.28. The smallest absolute Gasteiger partial charge is 0.283 e. The highest BCUT2D eigenvalue weighted by Crippen LogP contribution is 2.22. The molecule has 1 rings (SSSR count). The van der Waals surface area contributed by atoms with Gasteiger partial charge in [-0.1, -0.05) is 6.92 Å². The van der Waals surface area contributed by atoms with E-state index in [1.807, 2.05) is 20.8 Å². The van der Waals surface area contributed by atoms with Crippen molar-refractivity contribution in [3.63, 3.8) is 0 Å². The molecule has 1 unspecified atom stereocenters. The minimum absolute atomic E-state index is 0.00714. The molecular weight excluding hydrogens is 286 g/mol. The number of aryl methyl sites for hydroxylation is 1. The Kier molecular flexibility index (Phi) is 4.70. The van der Waals surface area contributed by atoms with Crippen LogP contribution >= 0.6 is 15.9 Å². The van der Waals surface area contributed by atoms with Crippen LogP contribution in [0.25, 0.3) is 0 Å². The molecule has 0 radical (unpaired) electrons. The average molecular weight is 304 g/mol. The number of aromatic nitrogens is 2. The van der Waals surface area contributed by atoms with Crippen LogP contribution in [0.15, 0.2) is 15.5 Å². The van der Waals surface area contributed by atoms with E-state index in [0.717, 1.165) is 6.42 Å². The van der Waals surface area contributed by atoms with Crippen molar-refractivity contribution in [1.82, 2.24) is 9.78 Å². The van der Waals surface area contributed by atoms with E-state index in [1.165, 1.54) is 4.68 Å². The van der Waals surface area contributed by atoms with E-state index in [0.29, 0.717) is 16.7 Å². The van der Waals surface area contributed by atoms with Gasteiger partial charge in [0.15, 0.2) is 0 Å². The third-order valence-electron chi connectivity index (χ3n) is 2.85. The molecule has 1 aromatic heterocycles. The Balaban J connectivity index is 3.09. The Labute approximate surface area is 109 Å². The van der Waals surface area contributed by atoms with Crippen LogP contribution in [0.1, 0.15) is 27.2 Å². The fourth-order valence-corrected chi connectivity index (χ4v) is 1.75. The van der Waals surface area contributed by atoms with Crippen molar-refractivity contribution in [2.75, 3.05) is 11.9 Å². The molecule has 0 aliphatic heterocycles. The number of nitrogens with one attached hydrogen (secondary N) is 1. The molecule has 0 spiro atoms. The fraction of sp³-hybridized carbons (Fsp3) is 0.636. The predicted molar refractivity (Wildman–Crippen MR) is 71.3 cm³/mol. The normalized spacial score (nSPS) is 14.4. The third kappa shape index (κ3) is 3.07. The second-order valence-corrected chi connectivity index (χ2v) is 4.98. The maximum absolute atomic E-state index is 11.8. The Hall–Kier alpha value is -0.880. The number of hydrogen-bond donors (Lipinski definition) is 2. The van der Waals surface area contributed by atoms with E-state index in [4.69, 9.17) is 0 Å². The SMILES string of the molecule is CCn1ncc(NC(C)(CC)CO)c(Br)c1=O. The monoisotopic (exact) mass is 303 g/mol. The van der Waals surface area contributed by atoms with Crippen molar-refractivity contribution in [2.45, 2.75) is 39.3 Å². The molecule has 0 saturated heterocycles. The van der Waals surface area contributed by atoms with Crippen LogP contribution < -0.4 is 10.9 Å². The zero-order chi connectivity index (χ0) is 13.1. The van der Waals surface area contributed by atoms with Crippen molar-refractivity contribution in [3.8, 4) is 0 Å². The highest BCUT2D eigenvalue weighted by molar-refractivity contribution is 9.10. The van der Waals surface area contributed by atoms with Crippen molar-refractivity contribution < 1.29 is 5.11 Å². The van der Waals surface area contributed by atoms with Crippen LogP contribution in [0.2, 0.25) is 0 Å². The minimum Gasteiger partial charge on any atom is -0.394 e. The van der Waals surface area contributed by atoms with Crippen molar-refractivity contribution >= 4 is 21.6 Å². The van der Waals surface area contributed by atoms with Crippen LogP contribution in [-0.4, -0.2) is 27.0 Å². The number of anilines is 1. The van der Waals surface area contributed by atoms with Gasteiger partial charge >= 0.3 is 0 Å². The van der Waals surface area contributed by atoms with Gasteiger partial charge in [-0.15, -0.1) is 0 Å². The number of nitrogens with zero attached hydrogens (tertiary/aromatic N) is 2. The number of rotatable bonds is 5. The van der Waals surface area contributed by atoms with Gasteiger partial charge in [0.1, 0.15) is 4.47 Å². The van der Waals surface area contributed by atoms with Crippen molar-refractivity contribution in [2.24, 2.45) is 0 Å². The summed E-state index contributed by atoms with van der Waals surface area (Å²) in [6, 6.07) is 0. The molecule has 96 valence electrons. The molecule has 0 aliphatic carbocycles. The van der Waals surface area contributed by atoms with Gasteiger partial charge in [-0.25, -0.2) is 4.68 Å². The lowest BCUT2D eigenvalue weighted by Crippen LogP contribution is -2.39. The molecule has 1 atom stereocenters. The molecule has 5 nitrogen and oxygen atoms in total. The first kappa shape index (κ1) is 14.2. The van der Waals surface area contributed by atoms with Gasteiger partial charge in [0, 0.05) is 6.54 Å². The van der Waals surface area contributed by atoms with Crippen molar-refractivity contribution in [1.29, 1.82) is 0 Å². The topological polar surface area (TPSA) is 67.2 Å². The maximum atomic E-state index is 11.8. The zero-order valence-corrected chi connectivity index (χ0v) is 11.9. The van der Waals surface area contributed by atoms with Crippen LogP contribution in [0.5, 0.6) is 0 Å². The van der Waals surface area contributed by atoms with E-state index in [1.54, 1.807) is 6.20 Å². The molecule has 6 heteroatoms. The molecule has 0 amide bonds. The van der Waals surface area contributed by atoms with Crippen LogP contribution in [-0.2, 0) is 6.54 Å². The van der Waals surface area contributed by atoms with Gasteiger partial charge in [-0.3, -0.25) is 4.79 Å². The summed E-state index contributed by atoms with van der Waals surface area (Å²) >= 11 is 3.27. The minimum atomic E-state index is -0.449. The molecule has 0 saturated carbocycles. The molecular formula is C11H18BrN3O2. The number of aliphatic hydroxyl groups excluding tert-OH is 1. The summed E-state index contributed by atoms with van der Waals surface area (Å²) in [6.07, 6.45) is 2.34. The van der Waals surface area contributed by atoms with Crippen LogP contribution in [0.3, 0.4) is 0 Å². The first-order valence-electron chi connectivity index (χ1n) is 5.62. The third-order valence-corrected chi connectivity index (χ3v) is 3.62. The summed E-state index contributed by atoms with van der Waals surface area (Å²) < 4.78 is 1.82. The van der Waals surface area contributed by atoms with Gasteiger partial charge < -0.3 is 10.4 Å². The maximum Gasteiger partial charge on any atom is 0.283 e. The van der Waals surface area contributed by atoms with Gasteiger partial charge in [-0.2, -0.15) is 5.10 Å². The Bertz CT molecular complexity index is 441. The molecule has 1 heterocycles. The number of hydrogen-bond acceptors (Lipinski definition) is 4. The molecule has 0 aromatic carbocycles. The molecule has 0 aliphatic rings. The van der Waals surface area contributed by atoms with E-state index < -0.39 is 5.54 Å². The van der Waals surface area contributed by atoms with E-state index in [-0.39, 0.29) is 12.2 Å². The highest BCUT2D eigenvalue weighted by Gasteiger charge is 2.22. The lowest BCUT2D eigenvalue weighted by atomic mass is 10.0. The van der Waals surface area contributed by atoms with Crippen molar-refractivity contribution in [3.05, 3.63) is 21.0 Å². The van der Waals surface area contributed by atoms with Gasteiger partial charge in [0.25, 0.3) is 5.56 Å². The Morgan fingerprint density at radius 3 is 2.71 bits per heavy atom. The average Bonchev–Trinajstić information content (AvgIpc) is 2.35. The summed E-state index contributed by atoms with van der Waals surface area (Å²) in [6.45, 7) is 6.25. The molecule has 1 aromatic rings. The summed E-state index contributed by atoms with van der Waals surface area (Å²) in [4.78, 5) is 11.8. The summed E-state index contributed by atoms with van der Waals surface area (Å²) in [5, 5.41) is 16.5. The van der Waals surface area contributed by atoms with E-state index in [9.17, 15) is 9.90 Å². The summed E-state index contributed by atoms with van der Waals surface area (Å²) in [5.74, 6) is 0. The van der Waals surface area contributed by atoms with Crippen LogP contribution in [0.4, 0.5) is 5.69 Å². The Morgan fingerprint density at radius 2 is 2.24 bits per heavy atom. The predicted octanol–water partition coefficient (Wildman–Crippen LogP) is 1.60. The van der Waals surface area contributed by atoms with Gasteiger partial charge in [-0.05, 0) is 36.2 Å². The lowest BCUT2D eigenvalue weighted by molar-refractivity contribution is 0.219. The quantitative estimate of drug-likeness (QED) is 0.867. The first-order valence-corrected chi connectivity index (χ1v) is 6.41. The number of aliphatic hydroxyl groups is 1. The van der Waals surface area contributed by atoms with E-state index in [2.05, 4.69) is 26.3 Å². The second-order valence-electron chi connectivity index (χ2n) is 4.19. The Morgan fingerprint density at radius 1 is 1.59 bits per heavy atom. The summed E-state index contributed by atoms with van der Waals surface area (Å²) in [5.41, 5.74) is -0.0123. The standard InChI is InChI=1S/C11H18BrN3O2/c1-4-11(3,7-16)14-8-6-13-15(5-2)10(17)9(8)12/h6,14,16H,4-5,7H2,1-3H3. The molecule has 2 N–H and O–H groups in total. The zero-order valence-electron chi connectivity index (χ0n) is 10.3. The first-order chi connectivity index (χ1) is 7.97. The highest BCUT2D eigenvalue weighted by atomic mass is 79.9. The molecule has 17 heavy (non-hydrogen) atoms. The number of halogens is 1. The van der Waals surface area contributed by atoms with Gasteiger partial charge in [0.05, 0.1) is 24.0 Å². The van der Waals surface area contributed by atoms with Gasteiger partial charge in [0.2, 0.25) is 0 Å². The fourth-order valence-electron chi connectivity index (χ4n) is 1.34. The van der Waals surface area contributed by atoms with Crippen LogP contribution in [0, 0.1) is 0 Å².